The van der Waals surface area contributed by atoms with Crippen LogP contribution in [0.25, 0.3) is 0 Å². The zero-order chi connectivity index (χ0) is 13.4. The first kappa shape index (κ1) is 15.3. The van der Waals surface area contributed by atoms with E-state index in [1.165, 1.54) is 13.8 Å². The molecule has 5 heteroatoms. The zero-order valence-corrected chi connectivity index (χ0v) is 10.4. The molecular formula is C12H18O5. The predicted molar refractivity (Wildman–Crippen MR) is 61.2 cm³/mol. The molecule has 0 radical (unpaired) electrons. The molecule has 0 saturated carbocycles. The van der Waals surface area contributed by atoms with Gasteiger partial charge in [0.25, 0.3) is 0 Å². The van der Waals surface area contributed by atoms with Gasteiger partial charge in [-0.3, -0.25) is 9.59 Å². The third-order valence-electron chi connectivity index (χ3n) is 1.90. The number of ether oxygens (including phenoxy) is 2. The molecule has 0 aromatic rings. The van der Waals surface area contributed by atoms with Crippen LogP contribution < -0.4 is 0 Å². The van der Waals surface area contributed by atoms with Crippen molar-refractivity contribution in [3.63, 3.8) is 0 Å². The Morgan fingerprint density at radius 3 is 2.24 bits per heavy atom. The minimum absolute atomic E-state index is 0.0220. The molecule has 0 heterocycles. The van der Waals surface area contributed by atoms with Crippen molar-refractivity contribution >= 4 is 17.7 Å². The van der Waals surface area contributed by atoms with Crippen LogP contribution in [0.4, 0.5) is 0 Å². The van der Waals surface area contributed by atoms with Gasteiger partial charge in [0.05, 0.1) is 0 Å². The molecule has 0 aliphatic rings. The summed E-state index contributed by atoms with van der Waals surface area (Å²) in [6.07, 6.45) is -0.275. The maximum atomic E-state index is 11.2. The molecule has 5 nitrogen and oxygen atoms in total. The monoisotopic (exact) mass is 242 g/mol. The lowest BCUT2D eigenvalue weighted by Gasteiger charge is -2.15. The number of ketones is 1. The van der Waals surface area contributed by atoms with Gasteiger partial charge in [0.2, 0.25) is 0 Å². The fourth-order valence-electron chi connectivity index (χ4n) is 0.958. The summed E-state index contributed by atoms with van der Waals surface area (Å²) in [7, 11) is 0. The normalized spacial score (nSPS) is 11.5. The molecule has 0 saturated heterocycles. The number of Topliss-reactive ketones (excluding diaryl/α,β-unsaturated/α-hetero) is 1. The van der Waals surface area contributed by atoms with Crippen LogP contribution in [0.3, 0.4) is 0 Å². The van der Waals surface area contributed by atoms with Gasteiger partial charge in [-0.15, -0.1) is 0 Å². The van der Waals surface area contributed by atoms with Crippen LogP contribution in [0.2, 0.25) is 0 Å². The van der Waals surface area contributed by atoms with Gasteiger partial charge in [0.15, 0.2) is 0 Å². The van der Waals surface area contributed by atoms with Gasteiger partial charge in [-0.2, -0.15) is 0 Å². The predicted octanol–water partition coefficient (Wildman–Crippen LogP) is 1.41. The Morgan fingerprint density at radius 2 is 1.82 bits per heavy atom. The lowest BCUT2D eigenvalue weighted by atomic mass is 10.2. The number of hydrogen-bond donors (Lipinski definition) is 0. The Balaban J connectivity index is 4.08. The summed E-state index contributed by atoms with van der Waals surface area (Å²) in [4.78, 5) is 33.0. The summed E-state index contributed by atoms with van der Waals surface area (Å²) in [5.41, 5.74) is 0.287. The molecule has 0 aromatic heterocycles. The second kappa shape index (κ2) is 7.60. The number of rotatable bonds is 7. The van der Waals surface area contributed by atoms with Crippen molar-refractivity contribution in [3.05, 3.63) is 12.2 Å². The molecule has 96 valence electrons. The molecular weight excluding hydrogens is 224 g/mol. The van der Waals surface area contributed by atoms with Gasteiger partial charge in [-0.25, -0.2) is 4.79 Å². The Morgan fingerprint density at radius 1 is 1.24 bits per heavy atom. The van der Waals surface area contributed by atoms with E-state index in [-0.39, 0.29) is 24.4 Å². The highest BCUT2D eigenvalue weighted by atomic mass is 16.6. The smallest absolute Gasteiger partial charge is 0.333 e. The second-order valence-electron chi connectivity index (χ2n) is 3.78. The highest BCUT2D eigenvalue weighted by molar-refractivity contribution is 5.94. The summed E-state index contributed by atoms with van der Waals surface area (Å²) >= 11 is 0. The lowest BCUT2D eigenvalue weighted by molar-refractivity contribution is -0.158. The molecule has 0 amide bonds. The minimum atomic E-state index is -0.601. The summed E-state index contributed by atoms with van der Waals surface area (Å²) in [5.74, 6) is -1.38. The van der Waals surface area contributed by atoms with Gasteiger partial charge >= 0.3 is 11.9 Å². The largest absolute Gasteiger partial charge is 0.458 e. The topological polar surface area (TPSA) is 69.7 Å². The summed E-state index contributed by atoms with van der Waals surface area (Å²) in [6, 6.07) is 0. The minimum Gasteiger partial charge on any atom is -0.458 e. The van der Waals surface area contributed by atoms with Crippen molar-refractivity contribution in [1.82, 2.24) is 0 Å². The summed E-state index contributed by atoms with van der Waals surface area (Å²) < 4.78 is 9.84. The van der Waals surface area contributed by atoms with Crippen LogP contribution in [0, 0.1) is 0 Å². The van der Waals surface area contributed by atoms with Gasteiger partial charge in [-0.1, -0.05) is 13.5 Å². The molecule has 0 bridgehead atoms. The quantitative estimate of drug-likeness (QED) is 0.383. The van der Waals surface area contributed by atoms with Crippen LogP contribution in [0.5, 0.6) is 0 Å². The number of esters is 2. The van der Waals surface area contributed by atoms with Gasteiger partial charge in [0.1, 0.15) is 24.9 Å². The first-order chi connectivity index (χ1) is 7.86. The third-order valence-corrected chi connectivity index (χ3v) is 1.90. The number of carbonyl (C=O) groups is 3. The van der Waals surface area contributed by atoms with E-state index in [1.807, 2.05) is 0 Å². The number of hydrogen-bond acceptors (Lipinski definition) is 5. The van der Waals surface area contributed by atoms with E-state index in [0.717, 1.165) is 0 Å². The molecule has 0 aromatic carbocycles. The lowest BCUT2D eigenvalue weighted by Crippen LogP contribution is -2.25. The van der Waals surface area contributed by atoms with Crippen molar-refractivity contribution in [2.75, 3.05) is 6.61 Å². The van der Waals surface area contributed by atoms with E-state index in [1.54, 1.807) is 6.92 Å². The van der Waals surface area contributed by atoms with E-state index in [0.29, 0.717) is 6.42 Å². The van der Waals surface area contributed by atoms with Gasteiger partial charge < -0.3 is 9.47 Å². The van der Waals surface area contributed by atoms with Crippen molar-refractivity contribution in [3.8, 4) is 0 Å². The second-order valence-corrected chi connectivity index (χ2v) is 3.78. The Kier molecular flexibility index (Phi) is 6.86. The number of carbonyl (C=O) groups excluding carboxylic acids is 3. The van der Waals surface area contributed by atoms with Crippen LogP contribution >= 0.6 is 0 Å². The Hall–Kier alpha value is -1.65. The maximum Gasteiger partial charge on any atom is 0.333 e. The van der Waals surface area contributed by atoms with E-state index in [2.05, 4.69) is 6.58 Å². The third kappa shape index (κ3) is 7.27. The zero-order valence-electron chi connectivity index (χ0n) is 10.4. The van der Waals surface area contributed by atoms with E-state index in [4.69, 9.17) is 9.47 Å². The average Bonchev–Trinajstić information content (AvgIpc) is 2.22. The van der Waals surface area contributed by atoms with Crippen molar-refractivity contribution in [2.24, 2.45) is 0 Å². The van der Waals surface area contributed by atoms with Gasteiger partial charge in [0, 0.05) is 5.57 Å². The maximum absolute atomic E-state index is 11.2. The Bertz CT molecular complexity index is 319. The van der Waals surface area contributed by atoms with Gasteiger partial charge in [-0.05, 0) is 20.3 Å². The SMILES string of the molecule is C=C(C)C(=O)OCC(CC)OC(=O)CC(C)=O. The molecule has 0 aliphatic heterocycles. The molecule has 1 atom stereocenters. The van der Waals surface area contributed by atoms with Crippen molar-refractivity contribution < 1.29 is 23.9 Å². The molecule has 0 spiro atoms. The van der Waals surface area contributed by atoms with E-state index in [9.17, 15) is 14.4 Å². The molecule has 0 fully saturated rings. The van der Waals surface area contributed by atoms with Crippen molar-refractivity contribution in [2.45, 2.75) is 39.7 Å². The van der Waals surface area contributed by atoms with Crippen molar-refractivity contribution in [1.29, 1.82) is 0 Å². The highest BCUT2D eigenvalue weighted by Gasteiger charge is 2.16. The van der Waals surface area contributed by atoms with E-state index >= 15 is 0 Å². The molecule has 0 N–H and O–H groups in total. The molecule has 0 aliphatic carbocycles. The van der Waals surface area contributed by atoms with Crippen LogP contribution in [-0.2, 0) is 23.9 Å². The fraction of sp³-hybridized carbons (Fsp3) is 0.583. The summed E-state index contributed by atoms with van der Waals surface area (Å²) in [6.45, 7) is 8.04. The Labute approximate surface area is 101 Å². The van der Waals surface area contributed by atoms with E-state index < -0.39 is 18.0 Å². The first-order valence-corrected chi connectivity index (χ1v) is 5.38. The average molecular weight is 242 g/mol. The first-order valence-electron chi connectivity index (χ1n) is 5.38. The van der Waals surface area contributed by atoms with Crippen LogP contribution in [0.1, 0.15) is 33.6 Å². The highest BCUT2D eigenvalue weighted by Crippen LogP contribution is 2.03. The van der Waals surface area contributed by atoms with Crippen LogP contribution in [-0.4, -0.2) is 30.4 Å². The fourth-order valence-corrected chi connectivity index (χ4v) is 0.958. The molecule has 0 rings (SSSR count). The summed E-state index contributed by atoms with van der Waals surface area (Å²) in [5, 5.41) is 0. The molecule has 17 heavy (non-hydrogen) atoms. The standard InChI is InChI=1S/C12H18O5/c1-5-10(7-16-12(15)8(2)3)17-11(14)6-9(4)13/h10H,2,5-7H2,1,3-4H3. The van der Waals surface area contributed by atoms with Crippen LogP contribution in [0.15, 0.2) is 12.2 Å². The molecule has 1 unspecified atom stereocenters.